The van der Waals surface area contributed by atoms with Crippen molar-refractivity contribution >= 4 is 0 Å². The molecular formula is C16H25NO2. The molecule has 0 spiro atoms. The fourth-order valence-corrected chi connectivity index (χ4v) is 2.72. The number of methoxy groups -OCH3 is 1. The molecule has 1 saturated carbocycles. The summed E-state index contributed by atoms with van der Waals surface area (Å²) in [6.45, 7) is 2.09. The molecule has 3 nitrogen and oxygen atoms in total. The molecule has 0 unspecified atom stereocenters. The van der Waals surface area contributed by atoms with Crippen molar-refractivity contribution in [2.24, 2.45) is 5.92 Å². The summed E-state index contributed by atoms with van der Waals surface area (Å²) in [6, 6.07) is 8.25. The topological polar surface area (TPSA) is 41.5 Å². The fourth-order valence-electron chi connectivity index (χ4n) is 2.72. The van der Waals surface area contributed by atoms with Crippen LogP contribution in [0.25, 0.3) is 0 Å². The van der Waals surface area contributed by atoms with Crippen molar-refractivity contribution in [2.75, 3.05) is 20.2 Å². The summed E-state index contributed by atoms with van der Waals surface area (Å²) >= 11 is 0. The highest BCUT2D eigenvalue weighted by molar-refractivity contribution is 5.28. The summed E-state index contributed by atoms with van der Waals surface area (Å²) in [4.78, 5) is 0. The van der Waals surface area contributed by atoms with Gasteiger partial charge in [-0.3, -0.25) is 0 Å². The number of aliphatic hydroxyl groups is 1. The Balaban J connectivity index is 1.63. The SMILES string of the molecule is COc1cccc(CCNCC2CCC(O)CC2)c1. The quantitative estimate of drug-likeness (QED) is 0.774. The minimum Gasteiger partial charge on any atom is -0.497 e. The highest BCUT2D eigenvalue weighted by Crippen LogP contribution is 2.23. The Morgan fingerprint density at radius 3 is 2.79 bits per heavy atom. The van der Waals surface area contributed by atoms with Gasteiger partial charge < -0.3 is 15.2 Å². The fraction of sp³-hybridized carbons (Fsp3) is 0.625. The lowest BCUT2D eigenvalue weighted by Gasteiger charge is -2.25. The Morgan fingerprint density at radius 2 is 2.05 bits per heavy atom. The molecule has 0 aromatic heterocycles. The third kappa shape index (κ3) is 4.84. The van der Waals surface area contributed by atoms with Gasteiger partial charge in [0.05, 0.1) is 13.2 Å². The maximum Gasteiger partial charge on any atom is 0.119 e. The minimum absolute atomic E-state index is 0.0481. The zero-order valence-corrected chi connectivity index (χ0v) is 11.8. The summed E-state index contributed by atoms with van der Waals surface area (Å²) in [5, 5.41) is 13.0. The molecule has 2 N–H and O–H groups in total. The van der Waals surface area contributed by atoms with Crippen LogP contribution in [0.15, 0.2) is 24.3 Å². The molecule has 19 heavy (non-hydrogen) atoms. The van der Waals surface area contributed by atoms with Gasteiger partial charge in [-0.2, -0.15) is 0 Å². The van der Waals surface area contributed by atoms with Gasteiger partial charge in [-0.15, -0.1) is 0 Å². The van der Waals surface area contributed by atoms with Crippen molar-refractivity contribution in [3.63, 3.8) is 0 Å². The molecule has 3 heteroatoms. The first-order valence-electron chi connectivity index (χ1n) is 7.29. The van der Waals surface area contributed by atoms with Crippen molar-refractivity contribution in [3.05, 3.63) is 29.8 Å². The van der Waals surface area contributed by atoms with Crippen molar-refractivity contribution < 1.29 is 9.84 Å². The van der Waals surface area contributed by atoms with Gasteiger partial charge in [-0.05, 0) is 68.8 Å². The molecule has 0 amide bonds. The van der Waals surface area contributed by atoms with E-state index in [-0.39, 0.29) is 6.10 Å². The zero-order valence-electron chi connectivity index (χ0n) is 11.8. The maximum atomic E-state index is 9.46. The lowest BCUT2D eigenvalue weighted by atomic mass is 9.87. The molecule has 0 aliphatic heterocycles. The van der Waals surface area contributed by atoms with Crippen LogP contribution < -0.4 is 10.1 Å². The predicted octanol–water partition coefficient (Wildman–Crippen LogP) is 2.38. The molecule has 1 aliphatic carbocycles. The molecule has 1 fully saturated rings. The standard InChI is InChI=1S/C16H25NO2/c1-19-16-4-2-3-13(11-16)9-10-17-12-14-5-7-15(18)8-6-14/h2-4,11,14-15,17-18H,5-10,12H2,1H3. The van der Waals surface area contributed by atoms with Crippen molar-refractivity contribution in [1.82, 2.24) is 5.32 Å². The smallest absolute Gasteiger partial charge is 0.119 e. The lowest BCUT2D eigenvalue weighted by molar-refractivity contribution is 0.108. The molecule has 1 aromatic rings. The van der Waals surface area contributed by atoms with Gasteiger partial charge in [-0.1, -0.05) is 12.1 Å². The summed E-state index contributed by atoms with van der Waals surface area (Å²) in [6.07, 6.45) is 5.26. The van der Waals surface area contributed by atoms with Crippen LogP contribution in [0.4, 0.5) is 0 Å². The maximum absolute atomic E-state index is 9.46. The van der Waals surface area contributed by atoms with Gasteiger partial charge >= 0.3 is 0 Å². The average Bonchev–Trinajstić information content (AvgIpc) is 2.46. The number of ether oxygens (including phenoxy) is 1. The van der Waals surface area contributed by atoms with E-state index >= 15 is 0 Å². The van der Waals surface area contributed by atoms with Crippen LogP contribution in [-0.4, -0.2) is 31.4 Å². The van der Waals surface area contributed by atoms with E-state index in [0.717, 1.165) is 56.9 Å². The molecule has 0 bridgehead atoms. The first-order chi connectivity index (χ1) is 9.28. The Morgan fingerprint density at radius 1 is 1.26 bits per heavy atom. The number of nitrogens with one attached hydrogen (secondary N) is 1. The highest BCUT2D eigenvalue weighted by Gasteiger charge is 2.18. The largest absolute Gasteiger partial charge is 0.497 e. The normalized spacial score (nSPS) is 23.3. The third-order valence-corrected chi connectivity index (χ3v) is 3.97. The first-order valence-corrected chi connectivity index (χ1v) is 7.29. The molecule has 2 rings (SSSR count). The van der Waals surface area contributed by atoms with Crippen LogP contribution in [0.1, 0.15) is 31.2 Å². The molecule has 1 aromatic carbocycles. The molecule has 0 radical (unpaired) electrons. The van der Waals surface area contributed by atoms with Gasteiger partial charge in [0.1, 0.15) is 5.75 Å². The van der Waals surface area contributed by atoms with E-state index in [0.29, 0.717) is 0 Å². The Labute approximate surface area is 116 Å². The van der Waals surface area contributed by atoms with Crippen LogP contribution in [-0.2, 0) is 6.42 Å². The predicted molar refractivity (Wildman–Crippen MR) is 77.5 cm³/mol. The second-order valence-corrected chi connectivity index (χ2v) is 5.48. The van der Waals surface area contributed by atoms with Crippen LogP contribution in [0.2, 0.25) is 0 Å². The third-order valence-electron chi connectivity index (χ3n) is 3.97. The lowest BCUT2D eigenvalue weighted by Crippen LogP contribution is -2.29. The van der Waals surface area contributed by atoms with Crippen molar-refractivity contribution in [3.8, 4) is 5.75 Å². The van der Waals surface area contributed by atoms with E-state index in [2.05, 4.69) is 17.4 Å². The number of hydrogen-bond donors (Lipinski definition) is 2. The molecule has 1 aliphatic rings. The molecule has 0 heterocycles. The summed E-state index contributed by atoms with van der Waals surface area (Å²) < 4.78 is 5.22. The Bertz CT molecular complexity index is 373. The van der Waals surface area contributed by atoms with Gasteiger partial charge in [-0.25, -0.2) is 0 Å². The van der Waals surface area contributed by atoms with Crippen LogP contribution in [0.3, 0.4) is 0 Å². The number of rotatable bonds is 6. The zero-order chi connectivity index (χ0) is 13.5. The van der Waals surface area contributed by atoms with E-state index in [1.165, 1.54) is 5.56 Å². The van der Waals surface area contributed by atoms with Gasteiger partial charge in [0.25, 0.3) is 0 Å². The second kappa shape index (κ2) is 7.51. The Hall–Kier alpha value is -1.06. The van der Waals surface area contributed by atoms with Gasteiger partial charge in [0.15, 0.2) is 0 Å². The van der Waals surface area contributed by atoms with E-state index in [1.807, 2.05) is 12.1 Å². The number of hydrogen-bond acceptors (Lipinski definition) is 3. The highest BCUT2D eigenvalue weighted by atomic mass is 16.5. The van der Waals surface area contributed by atoms with E-state index < -0.39 is 0 Å². The van der Waals surface area contributed by atoms with E-state index in [1.54, 1.807) is 7.11 Å². The number of aliphatic hydroxyl groups excluding tert-OH is 1. The van der Waals surface area contributed by atoms with Crippen LogP contribution in [0.5, 0.6) is 5.75 Å². The number of benzene rings is 1. The molecular weight excluding hydrogens is 238 g/mol. The minimum atomic E-state index is -0.0481. The van der Waals surface area contributed by atoms with E-state index in [4.69, 9.17) is 4.74 Å². The van der Waals surface area contributed by atoms with Crippen LogP contribution >= 0.6 is 0 Å². The molecule has 0 atom stereocenters. The summed E-state index contributed by atoms with van der Waals surface area (Å²) in [5.74, 6) is 1.67. The van der Waals surface area contributed by atoms with Crippen molar-refractivity contribution in [2.45, 2.75) is 38.2 Å². The molecule has 0 saturated heterocycles. The molecule has 106 valence electrons. The van der Waals surface area contributed by atoms with E-state index in [9.17, 15) is 5.11 Å². The average molecular weight is 263 g/mol. The Kier molecular flexibility index (Phi) is 5.67. The second-order valence-electron chi connectivity index (χ2n) is 5.48. The first kappa shape index (κ1) is 14.4. The van der Waals surface area contributed by atoms with Crippen LogP contribution in [0, 0.1) is 5.92 Å². The van der Waals surface area contributed by atoms with Gasteiger partial charge in [0, 0.05) is 0 Å². The summed E-state index contributed by atoms with van der Waals surface area (Å²) in [5.41, 5.74) is 1.31. The monoisotopic (exact) mass is 263 g/mol. The summed E-state index contributed by atoms with van der Waals surface area (Å²) in [7, 11) is 1.70. The van der Waals surface area contributed by atoms with Gasteiger partial charge in [0.2, 0.25) is 0 Å². The van der Waals surface area contributed by atoms with Crippen molar-refractivity contribution in [1.29, 1.82) is 0 Å².